The van der Waals surface area contributed by atoms with Crippen LogP contribution in [-0.4, -0.2) is 49.6 Å². The molecular weight excluding hydrogens is 326 g/mol. The second-order valence-electron chi connectivity index (χ2n) is 6.53. The van der Waals surface area contributed by atoms with E-state index in [0.29, 0.717) is 12.6 Å². The Labute approximate surface area is 150 Å². The van der Waals surface area contributed by atoms with Gasteiger partial charge in [-0.1, -0.05) is 18.2 Å². The highest BCUT2D eigenvalue weighted by atomic mass is 35.5. The molecule has 6 heteroatoms. The maximum atomic E-state index is 12.7. The maximum absolute atomic E-state index is 12.7. The van der Waals surface area contributed by atoms with Gasteiger partial charge in [-0.3, -0.25) is 9.69 Å². The summed E-state index contributed by atoms with van der Waals surface area (Å²) in [6.45, 7) is 4.60. The highest BCUT2D eigenvalue weighted by molar-refractivity contribution is 5.85. The third kappa shape index (κ3) is 4.21. The van der Waals surface area contributed by atoms with Gasteiger partial charge in [0, 0.05) is 24.6 Å². The summed E-state index contributed by atoms with van der Waals surface area (Å²) in [7, 11) is 2.00. The van der Waals surface area contributed by atoms with Crippen molar-refractivity contribution in [3.8, 4) is 5.75 Å². The van der Waals surface area contributed by atoms with Crippen molar-refractivity contribution in [2.24, 2.45) is 0 Å². The molecule has 5 nitrogen and oxygen atoms in total. The van der Waals surface area contributed by atoms with Gasteiger partial charge in [-0.25, -0.2) is 0 Å². The molecular formula is C18H28ClN3O2. The average Bonchev–Trinajstić information content (AvgIpc) is 2.61. The van der Waals surface area contributed by atoms with Gasteiger partial charge in [0.2, 0.25) is 5.91 Å². The molecule has 0 spiro atoms. The van der Waals surface area contributed by atoms with E-state index in [4.69, 9.17) is 4.74 Å². The molecule has 0 radical (unpaired) electrons. The SMILES string of the molecule is CNC1CCCN(C(C)C(=O)NC2CCOc3ccccc32)C1.Cl. The first-order chi connectivity index (χ1) is 11.2. The Hall–Kier alpha value is -1.30. The molecule has 2 aliphatic heterocycles. The Kier molecular flexibility index (Phi) is 6.90. The molecule has 1 aromatic rings. The predicted octanol–water partition coefficient (Wildman–Crippen LogP) is 2.12. The molecule has 0 saturated carbocycles. The van der Waals surface area contributed by atoms with Crippen LogP contribution in [-0.2, 0) is 4.79 Å². The van der Waals surface area contributed by atoms with Gasteiger partial charge in [-0.15, -0.1) is 12.4 Å². The van der Waals surface area contributed by atoms with E-state index in [-0.39, 0.29) is 30.4 Å². The van der Waals surface area contributed by atoms with Crippen LogP contribution in [0.25, 0.3) is 0 Å². The predicted molar refractivity (Wildman–Crippen MR) is 97.8 cm³/mol. The van der Waals surface area contributed by atoms with E-state index in [2.05, 4.69) is 15.5 Å². The number of carbonyl (C=O) groups is 1. The van der Waals surface area contributed by atoms with Crippen molar-refractivity contribution < 1.29 is 9.53 Å². The van der Waals surface area contributed by atoms with Gasteiger partial charge >= 0.3 is 0 Å². The van der Waals surface area contributed by atoms with Gasteiger partial charge < -0.3 is 15.4 Å². The fourth-order valence-electron chi connectivity index (χ4n) is 3.54. The number of nitrogens with one attached hydrogen (secondary N) is 2. The number of hydrogen-bond donors (Lipinski definition) is 2. The summed E-state index contributed by atoms with van der Waals surface area (Å²) >= 11 is 0. The van der Waals surface area contributed by atoms with Gasteiger partial charge in [-0.2, -0.15) is 0 Å². The minimum atomic E-state index is -0.0962. The first-order valence-electron chi connectivity index (χ1n) is 8.62. The van der Waals surface area contributed by atoms with Crippen LogP contribution in [0.1, 0.15) is 37.8 Å². The minimum absolute atomic E-state index is 0. The first-order valence-corrected chi connectivity index (χ1v) is 8.62. The zero-order chi connectivity index (χ0) is 16.2. The van der Waals surface area contributed by atoms with Crippen molar-refractivity contribution in [2.45, 2.75) is 44.3 Å². The number of halogens is 1. The van der Waals surface area contributed by atoms with Crippen molar-refractivity contribution in [1.82, 2.24) is 15.5 Å². The molecule has 0 bridgehead atoms. The second kappa shape index (κ2) is 8.70. The van der Waals surface area contributed by atoms with E-state index in [1.165, 1.54) is 6.42 Å². The molecule has 0 aliphatic carbocycles. The zero-order valence-corrected chi connectivity index (χ0v) is 15.3. The normalized spacial score (nSPS) is 24.9. The minimum Gasteiger partial charge on any atom is -0.493 e. The number of amides is 1. The molecule has 134 valence electrons. The lowest BCUT2D eigenvalue weighted by molar-refractivity contribution is -0.127. The Morgan fingerprint density at radius 2 is 2.12 bits per heavy atom. The average molecular weight is 354 g/mol. The number of fused-ring (bicyclic) bond motifs is 1. The van der Waals surface area contributed by atoms with Crippen LogP contribution in [0, 0.1) is 0 Å². The number of likely N-dealkylation sites (N-methyl/N-ethyl adjacent to an activating group) is 1. The smallest absolute Gasteiger partial charge is 0.237 e. The Morgan fingerprint density at radius 3 is 2.92 bits per heavy atom. The van der Waals surface area contributed by atoms with Crippen molar-refractivity contribution >= 4 is 18.3 Å². The molecule has 3 atom stereocenters. The summed E-state index contributed by atoms with van der Waals surface area (Å²) in [6.07, 6.45) is 3.16. The third-order valence-corrected chi connectivity index (χ3v) is 5.06. The van der Waals surface area contributed by atoms with Crippen molar-refractivity contribution in [2.75, 3.05) is 26.7 Å². The van der Waals surface area contributed by atoms with E-state index in [1.54, 1.807) is 0 Å². The number of para-hydroxylation sites is 1. The topological polar surface area (TPSA) is 53.6 Å². The van der Waals surface area contributed by atoms with Gasteiger partial charge in [-0.05, 0) is 39.4 Å². The Morgan fingerprint density at radius 1 is 1.33 bits per heavy atom. The van der Waals surface area contributed by atoms with E-state index < -0.39 is 0 Å². The molecule has 1 amide bonds. The van der Waals surface area contributed by atoms with Gasteiger partial charge in [0.1, 0.15) is 5.75 Å². The van der Waals surface area contributed by atoms with Crippen LogP contribution < -0.4 is 15.4 Å². The summed E-state index contributed by atoms with van der Waals surface area (Å²) < 4.78 is 5.67. The van der Waals surface area contributed by atoms with Crippen LogP contribution in [0.15, 0.2) is 24.3 Å². The number of ether oxygens (including phenoxy) is 1. The van der Waals surface area contributed by atoms with Crippen molar-refractivity contribution in [3.63, 3.8) is 0 Å². The summed E-state index contributed by atoms with van der Waals surface area (Å²) in [5.41, 5.74) is 1.09. The fraction of sp³-hybridized carbons (Fsp3) is 0.611. The highest BCUT2D eigenvalue weighted by Crippen LogP contribution is 2.31. The summed E-state index contributed by atoms with van der Waals surface area (Å²) in [4.78, 5) is 15.0. The molecule has 1 fully saturated rings. The van der Waals surface area contributed by atoms with E-state index >= 15 is 0 Å². The van der Waals surface area contributed by atoms with Crippen LogP contribution in [0.3, 0.4) is 0 Å². The number of nitrogens with zero attached hydrogens (tertiary/aromatic N) is 1. The molecule has 3 rings (SSSR count). The molecule has 1 aromatic carbocycles. The van der Waals surface area contributed by atoms with Gasteiger partial charge in [0.15, 0.2) is 0 Å². The first kappa shape index (κ1) is 19.0. The van der Waals surface area contributed by atoms with Crippen LogP contribution >= 0.6 is 12.4 Å². The molecule has 1 saturated heterocycles. The van der Waals surface area contributed by atoms with Crippen LogP contribution in [0.2, 0.25) is 0 Å². The second-order valence-corrected chi connectivity index (χ2v) is 6.53. The van der Waals surface area contributed by atoms with Crippen LogP contribution in [0.4, 0.5) is 0 Å². The summed E-state index contributed by atoms with van der Waals surface area (Å²) in [5, 5.41) is 6.56. The van der Waals surface area contributed by atoms with Gasteiger partial charge in [0.05, 0.1) is 18.7 Å². The number of likely N-dealkylation sites (tertiary alicyclic amines) is 1. The number of carbonyl (C=O) groups excluding carboxylic acids is 1. The number of benzene rings is 1. The zero-order valence-electron chi connectivity index (χ0n) is 14.5. The Bertz CT molecular complexity index is 555. The van der Waals surface area contributed by atoms with Crippen molar-refractivity contribution in [1.29, 1.82) is 0 Å². The number of rotatable bonds is 4. The quantitative estimate of drug-likeness (QED) is 0.870. The lowest BCUT2D eigenvalue weighted by atomic mass is 9.99. The van der Waals surface area contributed by atoms with Crippen molar-refractivity contribution in [3.05, 3.63) is 29.8 Å². The number of hydrogen-bond acceptors (Lipinski definition) is 4. The van der Waals surface area contributed by atoms with E-state index in [1.807, 2.05) is 38.2 Å². The van der Waals surface area contributed by atoms with E-state index in [9.17, 15) is 4.79 Å². The Balaban J connectivity index is 0.00000208. The largest absolute Gasteiger partial charge is 0.493 e. The lowest BCUT2D eigenvalue weighted by Crippen LogP contribution is -2.53. The number of piperidine rings is 1. The maximum Gasteiger partial charge on any atom is 0.237 e. The fourth-order valence-corrected chi connectivity index (χ4v) is 3.54. The molecule has 2 N–H and O–H groups in total. The molecule has 3 unspecified atom stereocenters. The van der Waals surface area contributed by atoms with Gasteiger partial charge in [0.25, 0.3) is 0 Å². The molecule has 0 aromatic heterocycles. The molecule has 2 heterocycles. The third-order valence-electron chi connectivity index (χ3n) is 5.06. The monoisotopic (exact) mass is 353 g/mol. The standard InChI is InChI=1S/C18H27N3O2.ClH/c1-13(21-10-5-6-14(12-21)19-2)18(22)20-16-9-11-23-17-8-4-3-7-15(16)17;/h3-4,7-8,13-14,16,19H,5-6,9-12H2,1-2H3,(H,20,22);1H. The highest BCUT2D eigenvalue weighted by Gasteiger charge is 2.29. The lowest BCUT2D eigenvalue weighted by Gasteiger charge is -2.37. The summed E-state index contributed by atoms with van der Waals surface area (Å²) in [6, 6.07) is 8.43. The summed E-state index contributed by atoms with van der Waals surface area (Å²) in [5.74, 6) is 1.01. The van der Waals surface area contributed by atoms with E-state index in [0.717, 1.165) is 37.2 Å². The molecule has 2 aliphatic rings. The molecule has 24 heavy (non-hydrogen) atoms. The van der Waals surface area contributed by atoms with Crippen LogP contribution in [0.5, 0.6) is 5.75 Å².